The van der Waals surface area contributed by atoms with E-state index in [4.69, 9.17) is 52.5 Å². The Hall–Kier alpha value is -6.84. The molecule has 2 N–H and O–H groups in total. The third kappa shape index (κ3) is 12.4. The van der Waals surface area contributed by atoms with Gasteiger partial charge in [-0.05, 0) is 98.0 Å². The van der Waals surface area contributed by atoms with E-state index >= 15 is 0 Å². The Bertz CT molecular complexity index is 2590. The molecule has 0 amide bonds. The number of nitrogens with zero attached hydrogens (tertiary/aromatic N) is 1. The number of hydrogen-bond acceptors (Lipinski definition) is 11. The Morgan fingerprint density at radius 3 is 1.59 bits per heavy atom. The number of halogens is 1. The van der Waals surface area contributed by atoms with Gasteiger partial charge in [0.1, 0.15) is 12.7 Å². The van der Waals surface area contributed by atoms with Gasteiger partial charge in [-0.1, -0.05) is 120 Å². The Morgan fingerprint density at radius 1 is 0.594 bits per heavy atom. The predicted molar refractivity (Wildman–Crippen MR) is 250 cm³/mol. The van der Waals surface area contributed by atoms with Crippen LogP contribution in [0.1, 0.15) is 47.0 Å². The second kappa shape index (κ2) is 22.0. The van der Waals surface area contributed by atoms with E-state index < -0.39 is 60.3 Å². The topological polar surface area (TPSA) is 151 Å². The van der Waals surface area contributed by atoms with Gasteiger partial charge in [-0.25, -0.2) is 19.2 Å². The molecule has 1 heterocycles. The van der Waals surface area contributed by atoms with Crippen molar-refractivity contribution in [3.63, 3.8) is 0 Å². The summed E-state index contributed by atoms with van der Waals surface area (Å²) in [4.78, 5) is 60.3. The van der Waals surface area contributed by atoms with E-state index in [0.717, 1.165) is 17.3 Å². The summed E-state index contributed by atoms with van der Waals surface area (Å²) < 4.78 is 31.2. The third-order valence-corrected chi connectivity index (χ3v) is 11.0. The molecule has 1 aliphatic heterocycles. The van der Waals surface area contributed by atoms with E-state index in [0.29, 0.717) is 16.4 Å². The molecule has 6 aromatic carbocycles. The summed E-state index contributed by atoms with van der Waals surface area (Å²) in [6, 6.07) is 47.1. The van der Waals surface area contributed by atoms with E-state index in [2.05, 4.69) is 10.6 Å². The molecule has 0 bridgehead atoms. The fourth-order valence-electron chi connectivity index (χ4n) is 6.39. The number of carbonyl (C=O) groups excluding carboxylic acids is 4. The summed E-state index contributed by atoms with van der Waals surface area (Å²) in [5, 5.41) is 6.94. The minimum atomic E-state index is -1.58. The molecule has 0 unspecified atom stereocenters. The van der Waals surface area contributed by atoms with E-state index in [1.165, 1.54) is 0 Å². The summed E-state index contributed by atoms with van der Waals surface area (Å²) in [5.41, 5.74) is 1.66. The van der Waals surface area contributed by atoms with Gasteiger partial charge in [0.2, 0.25) is 0 Å². The van der Waals surface area contributed by atoms with Crippen LogP contribution >= 0.6 is 35.6 Å². The zero-order chi connectivity index (χ0) is 44.8. The van der Waals surface area contributed by atoms with Gasteiger partial charge in [0.15, 0.2) is 34.0 Å². The van der Waals surface area contributed by atoms with Crippen molar-refractivity contribution in [3.8, 4) is 0 Å². The molecule has 0 radical (unpaired) electrons. The molecule has 12 nitrogen and oxygen atoms in total. The largest absolute Gasteiger partial charge is 0.459 e. The molecule has 0 saturated carbocycles. The fourth-order valence-corrected chi connectivity index (χ4v) is 7.93. The summed E-state index contributed by atoms with van der Waals surface area (Å²) in [5.74, 6) is -3.15. The van der Waals surface area contributed by atoms with Gasteiger partial charge in [0.25, 0.3) is 0 Å². The molecular weight excluding hydrogens is 874 g/mol. The number of carbonyl (C=O) groups is 4. The number of aliphatic imine (C=N–C) groups is 1. The molecule has 1 fully saturated rings. The van der Waals surface area contributed by atoms with Crippen LogP contribution in [0, 0.1) is 6.92 Å². The van der Waals surface area contributed by atoms with Crippen LogP contribution in [0.2, 0.25) is 5.02 Å². The molecule has 324 valence electrons. The molecule has 1 aliphatic rings. The lowest BCUT2D eigenvalue weighted by molar-refractivity contribution is -0.207. The highest BCUT2D eigenvalue weighted by molar-refractivity contribution is 8.14. The van der Waals surface area contributed by atoms with Crippen molar-refractivity contribution in [3.05, 3.63) is 203 Å². The zero-order valence-corrected chi connectivity index (χ0v) is 36.5. The van der Waals surface area contributed by atoms with E-state index in [1.54, 1.807) is 146 Å². The molecule has 15 heteroatoms. The minimum absolute atomic E-state index is 0.0459. The number of thiocarbonyl (C=S) groups is 1. The van der Waals surface area contributed by atoms with E-state index in [1.807, 2.05) is 31.2 Å². The van der Waals surface area contributed by atoms with Crippen LogP contribution in [-0.4, -0.2) is 70.6 Å². The van der Waals surface area contributed by atoms with Crippen molar-refractivity contribution in [2.24, 2.45) is 4.99 Å². The Balaban J connectivity index is 1.33. The summed E-state index contributed by atoms with van der Waals surface area (Å²) >= 11 is 13.0. The lowest BCUT2D eigenvalue weighted by Crippen LogP contribution is -2.62. The van der Waals surface area contributed by atoms with Gasteiger partial charge in [0, 0.05) is 16.4 Å². The molecular formula is C49H40ClN3O9S2. The fraction of sp³-hybridized carbons (Fsp3) is 0.143. The summed E-state index contributed by atoms with van der Waals surface area (Å²) in [6.45, 7) is 1.46. The number of ether oxygens (including phenoxy) is 5. The molecule has 7 rings (SSSR count). The first-order chi connectivity index (χ1) is 31.1. The first kappa shape index (κ1) is 45.2. The molecule has 1 saturated heterocycles. The van der Waals surface area contributed by atoms with Crippen molar-refractivity contribution in [2.75, 3.05) is 17.2 Å². The van der Waals surface area contributed by atoms with Gasteiger partial charge in [0.05, 0.1) is 22.3 Å². The molecule has 0 aliphatic carbocycles. The molecule has 64 heavy (non-hydrogen) atoms. The van der Waals surface area contributed by atoms with Crippen molar-refractivity contribution in [1.29, 1.82) is 0 Å². The second-order valence-electron chi connectivity index (χ2n) is 14.2. The molecule has 0 aromatic heterocycles. The number of rotatable bonds is 12. The number of aryl methyl sites for hydroxylation is 1. The zero-order valence-electron chi connectivity index (χ0n) is 34.1. The monoisotopic (exact) mass is 913 g/mol. The maximum atomic E-state index is 14.1. The quantitative estimate of drug-likeness (QED) is 0.0395. The van der Waals surface area contributed by atoms with Crippen LogP contribution in [0.5, 0.6) is 0 Å². The molecule has 6 aromatic rings. The van der Waals surface area contributed by atoms with Crippen molar-refractivity contribution in [2.45, 2.75) is 36.8 Å². The molecule has 0 spiro atoms. The number of benzene rings is 6. The summed E-state index contributed by atoms with van der Waals surface area (Å²) in [7, 11) is 0. The number of anilines is 2. The van der Waals surface area contributed by atoms with Gasteiger partial charge < -0.3 is 34.3 Å². The van der Waals surface area contributed by atoms with Gasteiger partial charge >= 0.3 is 23.9 Å². The van der Waals surface area contributed by atoms with Crippen LogP contribution < -0.4 is 10.6 Å². The highest BCUT2D eigenvalue weighted by Gasteiger charge is 2.54. The highest BCUT2D eigenvalue weighted by Crippen LogP contribution is 2.37. The molecule has 5 atom stereocenters. The average molecular weight is 914 g/mol. The van der Waals surface area contributed by atoms with Crippen LogP contribution in [0.3, 0.4) is 0 Å². The van der Waals surface area contributed by atoms with E-state index in [-0.39, 0.29) is 32.5 Å². The van der Waals surface area contributed by atoms with E-state index in [9.17, 15) is 19.2 Å². The lowest BCUT2D eigenvalue weighted by Gasteiger charge is -2.44. The summed E-state index contributed by atoms with van der Waals surface area (Å²) in [6.07, 6.45) is -5.96. The average Bonchev–Trinajstić information content (AvgIpc) is 3.31. The number of nitrogens with one attached hydrogen (secondary N) is 2. The Labute approximate surface area is 383 Å². The normalized spacial score (nSPS) is 18.2. The Kier molecular flexibility index (Phi) is 15.5. The second-order valence-corrected chi connectivity index (χ2v) is 16.1. The van der Waals surface area contributed by atoms with Crippen LogP contribution in [0.15, 0.2) is 175 Å². The highest BCUT2D eigenvalue weighted by atomic mass is 35.5. The van der Waals surface area contributed by atoms with Gasteiger partial charge in [-0.3, -0.25) is 0 Å². The minimum Gasteiger partial charge on any atom is -0.459 e. The number of amidine groups is 1. The van der Waals surface area contributed by atoms with Crippen molar-refractivity contribution in [1.82, 2.24) is 0 Å². The first-order valence-electron chi connectivity index (χ1n) is 19.9. The first-order valence-corrected chi connectivity index (χ1v) is 21.6. The van der Waals surface area contributed by atoms with Crippen molar-refractivity contribution < 1.29 is 42.9 Å². The number of thioether (sulfide) groups is 1. The van der Waals surface area contributed by atoms with Gasteiger partial charge in [-0.2, -0.15) is 4.99 Å². The standard InChI is InChI=1S/C49H40ClN3O9S2/c1-31-25-27-37(28-26-31)51-48(63)53-49(52-38-24-14-23-36(50)29-38)64-47-42(62-46(57)35-21-12-5-13-22-35)41(61-45(56)34-19-10-4-11-20-34)40(60-44(55)33-17-8-3-9-18-33)39(59-47)30-58-43(54)32-15-6-2-7-16-32/h2-29,39-42,47H,30H2,1H3,(H2,51,52,53,63)/t39-,40-,41+,42-,47+/m1/s1. The Morgan fingerprint density at radius 2 is 1.08 bits per heavy atom. The maximum absolute atomic E-state index is 14.1. The lowest BCUT2D eigenvalue weighted by atomic mass is 9.98. The number of hydrogen-bond donors (Lipinski definition) is 2. The SMILES string of the molecule is Cc1ccc(NC(=S)/N=C(/Nc2cccc(Cl)c2)S[C@@H]2O[C@H](COC(=O)c3ccccc3)[C@@H](OC(=O)c3ccccc3)[C@H](OC(=O)c3ccccc3)[C@H]2OC(=O)c2ccccc2)cc1. The number of esters is 4. The van der Waals surface area contributed by atoms with Crippen molar-refractivity contribution >= 4 is 81.1 Å². The smallest absolute Gasteiger partial charge is 0.338 e. The van der Waals surface area contributed by atoms with Crippen LogP contribution in [0.25, 0.3) is 0 Å². The maximum Gasteiger partial charge on any atom is 0.338 e. The van der Waals surface area contributed by atoms with Gasteiger partial charge in [-0.15, -0.1) is 0 Å². The van der Waals surface area contributed by atoms with Crippen LogP contribution in [0.4, 0.5) is 11.4 Å². The predicted octanol–water partition coefficient (Wildman–Crippen LogP) is 9.81. The van der Waals surface area contributed by atoms with Crippen LogP contribution in [-0.2, 0) is 23.7 Å². The third-order valence-electron chi connectivity index (χ3n) is 9.55.